The summed E-state index contributed by atoms with van der Waals surface area (Å²) in [5.74, 6) is 0.0195. The number of benzene rings is 2. The Bertz CT molecular complexity index is 1050. The zero-order valence-corrected chi connectivity index (χ0v) is 15.5. The van der Waals surface area contributed by atoms with Crippen molar-refractivity contribution in [3.05, 3.63) is 68.5 Å². The number of nitrogens with one attached hydrogen (secondary N) is 1. The highest BCUT2D eigenvalue weighted by molar-refractivity contribution is 6.35. The van der Waals surface area contributed by atoms with E-state index in [2.05, 4.69) is 5.32 Å². The van der Waals surface area contributed by atoms with Crippen LogP contribution in [0.1, 0.15) is 12.5 Å². The Morgan fingerprint density at radius 3 is 2.69 bits per heavy atom. The summed E-state index contributed by atoms with van der Waals surface area (Å²) in [7, 11) is 0. The van der Waals surface area contributed by atoms with Crippen molar-refractivity contribution in [2.45, 2.75) is 20.0 Å². The Hall–Kier alpha value is -2.50. The second-order valence-electron chi connectivity index (χ2n) is 5.78. The van der Waals surface area contributed by atoms with E-state index in [1.165, 1.54) is 6.07 Å². The van der Waals surface area contributed by atoms with Gasteiger partial charge in [0.05, 0.1) is 10.7 Å². The lowest BCUT2D eigenvalue weighted by atomic mass is 10.1. The van der Waals surface area contributed by atoms with Crippen LogP contribution in [0.4, 0.5) is 5.69 Å². The van der Waals surface area contributed by atoms with E-state index in [-0.39, 0.29) is 5.91 Å². The first-order valence-electron chi connectivity index (χ1n) is 7.80. The summed E-state index contributed by atoms with van der Waals surface area (Å²) in [6.45, 7) is 3.43. The van der Waals surface area contributed by atoms with Crippen LogP contribution in [0, 0.1) is 6.92 Å². The fraction of sp³-hybridized carbons (Fsp3) is 0.158. The van der Waals surface area contributed by atoms with E-state index in [4.69, 9.17) is 32.4 Å². The van der Waals surface area contributed by atoms with Crippen LogP contribution in [-0.4, -0.2) is 12.0 Å². The molecule has 5 nitrogen and oxygen atoms in total. The van der Waals surface area contributed by atoms with Crippen molar-refractivity contribution >= 4 is 45.8 Å². The zero-order valence-electron chi connectivity index (χ0n) is 14.0. The minimum absolute atomic E-state index is 0.373. The predicted molar refractivity (Wildman–Crippen MR) is 102 cm³/mol. The largest absolute Gasteiger partial charge is 0.481 e. The lowest BCUT2D eigenvalue weighted by Crippen LogP contribution is -2.30. The van der Waals surface area contributed by atoms with Crippen molar-refractivity contribution in [2.24, 2.45) is 0 Å². The summed E-state index contributed by atoms with van der Waals surface area (Å²) in [5, 5.41) is 4.31. The molecule has 1 N–H and O–H groups in total. The maximum absolute atomic E-state index is 12.3. The minimum atomic E-state index is -0.806. The molecule has 26 heavy (non-hydrogen) atoms. The highest BCUT2D eigenvalue weighted by Crippen LogP contribution is 2.26. The Kier molecular flexibility index (Phi) is 5.20. The number of halogens is 2. The second kappa shape index (κ2) is 7.40. The Morgan fingerprint density at radius 2 is 1.92 bits per heavy atom. The molecule has 1 amide bonds. The third-order valence-corrected chi connectivity index (χ3v) is 4.36. The molecule has 0 fully saturated rings. The third-order valence-electron chi connectivity index (χ3n) is 3.79. The van der Waals surface area contributed by atoms with E-state index < -0.39 is 11.7 Å². The summed E-state index contributed by atoms with van der Waals surface area (Å²) in [6.07, 6.45) is -0.806. The van der Waals surface area contributed by atoms with Crippen molar-refractivity contribution < 1.29 is 13.9 Å². The van der Waals surface area contributed by atoms with Gasteiger partial charge in [-0.15, -0.1) is 0 Å². The van der Waals surface area contributed by atoms with Crippen LogP contribution < -0.4 is 15.7 Å². The molecule has 0 aliphatic heterocycles. The maximum atomic E-state index is 12.3. The Labute approximate surface area is 159 Å². The molecule has 0 unspecified atom stereocenters. The first kappa shape index (κ1) is 18.3. The topological polar surface area (TPSA) is 68.5 Å². The van der Waals surface area contributed by atoms with Crippen molar-refractivity contribution in [1.29, 1.82) is 0 Å². The standard InChI is InChI=1S/C19H15Cl2NO4/c1-10-7-18(23)26-17-9-13(4-5-14(10)17)25-11(2)19(24)22-16-8-12(20)3-6-15(16)21/h3-9,11H,1-2H3,(H,22,24)/t11-/m1/s1. The van der Waals surface area contributed by atoms with Gasteiger partial charge in [0.15, 0.2) is 6.10 Å². The molecule has 7 heteroatoms. The molecular formula is C19H15Cl2NO4. The fourth-order valence-electron chi connectivity index (χ4n) is 2.46. The molecule has 3 aromatic rings. The summed E-state index contributed by atoms with van der Waals surface area (Å²) in [6, 6.07) is 11.3. The fourth-order valence-corrected chi connectivity index (χ4v) is 2.80. The van der Waals surface area contributed by atoms with Crippen molar-refractivity contribution in [2.75, 3.05) is 5.32 Å². The molecule has 1 heterocycles. The minimum Gasteiger partial charge on any atom is -0.481 e. The van der Waals surface area contributed by atoms with Gasteiger partial charge in [0, 0.05) is 22.5 Å². The van der Waals surface area contributed by atoms with Gasteiger partial charge in [0.2, 0.25) is 0 Å². The van der Waals surface area contributed by atoms with Crippen LogP contribution >= 0.6 is 23.2 Å². The van der Waals surface area contributed by atoms with Crippen LogP contribution in [-0.2, 0) is 4.79 Å². The summed E-state index contributed by atoms with van der Waals surface area (Å²) >= 11 is 12.0. The number of hydrogen-bond acceptors (Lipinski definition) is 4. The summed E-state index contributed by atoms with van der Waals surface area (Å²) in [5.41, 5.74) is 1.18. The molecule has 134 valence electrons. The second-order valence-corrected chi connectivity index (χ2v) is 6.62. The number of aryl methyl sites for hydroxylation is 1. The van der Waals surface area contributed by atoms with Crippen LogP contribution in [0.2, 0.25) is 10.0 Å². The van der Waals surface area contributed by atoms with Gasteiger partial charge < -0.3 is 14.5 Å². The average Bonchev–Trinajstić information content (AvgIpc) is 2.57. The van der Waals surface area contributed by atoms with E-state index in [0.29, 0.717) is 27.1 Å². The average molecular weight is 392 g/mol. The van der Waals surface area contributed by atoms with E-state index in [1.54, 1.807) is 43.3 Å². The monoisotopic (exact) mass is 391 g/mol. The quantitative estimate of drug-likeness (QED) is 0.647. The number of carbonyl (C=O) groups excluding carboxylic acids is 1. The number of fused-ring (bicyclic) bond motifs is 1. The Morgan fingerprint density at radius 1 is 1.15 bits per heavy atom. The van der Waals surface area contributed by atoms with Gasteiger partial charge in [0.1, 0.15) is 11.3 Å². The molecule has 1 aromatic heterocycles. The van der Waals surface area contributed by atoms with E-state index in [1.807, 2.05) is 6.92 Å². The van der Waals surface area contributed by atoms with Gasteiger partial charge >= 0.3 is 5.63 Å². The van der Waals surface area contributed by atoms with Crippen LogP contribution in [0.15, 0.2) is 51.7 Å². The van der Waals surface area contributed by atoms with Gasteiger partial charge in [-0.05, 0) is 49.7 Å². The van der Waals surface area contributed by atoms with Crippen molar-refractivity contribution in [3.8, 4) is 5.75 Å². The van der Waals surface area contributed by atoms with E-state index in [0.717, 1.165) is 10.9 Å². The summed E-state index contributed by atoms with van der Waals surface area (Å²) < 4.78 is 10.8. The molecule has 1 atom stereocenters. The number of ether oxygens (including phenoxy) is 1. The molecule has 0 aliphatic rings. The first-order chi connectivity index (χ1) is 12.3. The molecular weight excluding hydrogens is 377 g/mol. The van der Waals surface area contributed by atoms with E-state index in [9.17, 15) is 9.59 Å². The maximum Gasteiger partial charge on any atom is 0.336 e. The highest BCUT2D eigenvalue weighted by atomic mass is 35.5. The number of carbonyl (C=O) groups is 1. The van der Waals surface area contributed by atoms with Gasteiger partial charge in [0.25, 0.3) is 5.91 Å². The van der Waals surface area contributed by atoms with Gasteiger partial charge in [-0.3, -0.25) is 4.79 Å². The normalized spacial score (nSPS) is 12.0. The van der Waals surface area contributed by atoms with Gasteiger partial charge in [-0.25, -0.2) is 4.79 Å². The molecule has 0 bridgehead atoms. The van der Waals surface area contributed by atoms with Crippen LogP contribution in [0.5, 0.6) is 5.75 Å². The van der Waals surface area contributed by atoms with Gasteiger partial charge in [-0.1, -0.05) is 23.2 Å². The smallest absolute Gasteiger partial charge is 0.336 e. The number of amides is 1. The molecule has 3 rings (SSSR count). The van der Waals surface area contributed by atoms with E-state index >= 15 is 0 Å². The Balaban J connectivity index is 1.77. The van der Waals surface area contributed by atoms with Crippen molar-refractivity contribution in [3.63, 3.8) is 0 Å². The first-order valence-corrected chi connectivity index (χ1v) is 8.56. The molecule has 0 saturated carbocycles. The predicted octanol–water partition coefficient (Wildman–Crippen LogP) is 4.81. The SMILES string of the molecule is Cc1cc(=O)oc2cc(O[C@H](C)C(=O)Nc3cc(Cl)ccc3Cl)ccc12. The lowest BCUT2D eigenvalue weighted by molar-refractivity contribution is -0.122. The number of rotatable bonds is 4. The van der Waals surface area contributed by atoms with Gasteiger partial charge in [-0.2, -0.15) is 0 Å². The molecule has 0 spiro atoms. The molecule has 2 aromatic carbocycles. The third kappa shape index (κ3) is 4.00. The number of anilines is 1. The lowest BCUT2D eigenvalue weighted by Gasteiger charge is -2.16. The molecule has 0 saturated heterocycles. The van der Waals surface area contributed by atoms with Crippen molar-refractivity contribution in [1.82, 2.24) is 0 Å². The highest BCUT2D eigenvalue weighted by Gasteiger charge is 2.17. The molecule has 0 radical (unpaired) electrons. The van der Waals surface area contributed by atoms with Crippen LogP contribution in [0.3, 0.4) is 0 Å². The van der Waals surface area contributed by atoms with Crippen LogP contribution in [0.25, 0.3) is 11.0 Å². The zero-order chi connectivity index (χ0) is 18.8. The summed E-state index contributed by atoms with van der Waals surface area (Å²) in [4.78, 5) is 23.9. The number of hydrogen-bond donors (Lipinski definition) is 1. The molecule has 0 aliphatic carbocycles.